The Morgan fingerprint density at radius 1 is 1.03 bits per heavy atom. The number of likely N-dealkylation sites (tertiary alicyclic amines) is 1. The maximum atomic E-state index is 13.7. The van der Waals surface area contributed by atoms with Crippen molar-refractivity contribution in [2.24, 2.45) is 11.8 Å². The van der Waals surface area contributed by atoms with Gasteiger partial charge in [0.05, 0.1) is 31.8 Å². The van der Waals surface area contributed by atoms with Crippen LogP contribution in [0.2, 0.25) is 0 Å². The molecule has 0 aromatic carbocycles. The molecule has 37 heavy (non-hydrogen) atoms. The molecule has 10 heteroatoms. The summed E-state index contributed by atoms with van der Waals surface area (Å²) in [7, 11) is 0. The van der Waals surface area contributed by atoms with Crippen LogP contribution in [0.4, 0.5) is 0 Å². The zero-order valence-corrected chi connectivity index (χ0v) is 24.1. The third kappa shape index (κ3) is 11.4. The Morgan fingerprint density at radius 2 is 1.62 bits per heavy atom. The van der Waals surface area contributed by atoms with Gasteiger partial charge in [-0.25, -0.2) is 0 Å². The fourth-order valence-corrected chi connectivity index (χ4v) is 4.42. The standard InChI is InChI=1S/C27H48N2O8/c1-10-20(21(16-30)28-18(3)31)23(25(33)37-27(7,8)9)29-15-19(17-35-13-12-34-11-2)14-22(29)24(32)36-26(4,5)6/h16,19-20,22-23,30H,10-15,17H2,1-9H3,(H,28,31)/t19?,20-,22?,23+/m0/s1. The van der Waals surface area contributed by atoms with Gasteiger partial charge in [-0.2, -0.15) is 0 Å². The molecule has 0 aromatic rings. The number of nitrogens with one attached hydrogen (secondary N) is 1. The van der Waals surface area contributed by atoms with Crippen LogP contribution in [0.1, 0.15) is 75.2 Å². The topological polar surface area (TPSA) is 124 Å². The molecular weight excluding hydrogens is 480 g/mol. The highest BCUT2D eigenvalue weighted by Gasteiger charge is 2.48. The third-order valence-electron chi connectivity index (χ3n) is 5.72. The number of hydrogen-bond donors (Lipinski definition) is 2. The first-order valence-electron chi connectivity index (χ1n) is 13.1. The lowest BCUT2D eigenvalue weighted by atomic mass is 9.91. The molecule has 2 unspecified atom stereocenters. The van der Waals surface area contributed by atoms with E-state index in [9.17, 15) is 19.5 Å². The van der Waals surface area contributed by atoms with Gasteiger partial charge in [-0.3, -0.25) is 19.3 Å². The highest BCUT2D eigenvalue weighted by molar-refractivity contribution is 5.82. The van der Waals surface area contributed by atoms with Crippen LogP contribution in [0, 0.1) is 11.8 Å². The van der Waals surface area contributed by atoms with Crippen molar-refractivity contribution in [3.8, 4) is 0 Å². The second-order valence-corrected chi connectivity index (χ2v) is 11.4. The van der Waals surface area contributed by atoms with Crippen molar-refractivity contribution in [3.05, 3.63) is 12.0 Å². The van der Waals surface area contributed by atoms with Crippen molar-refractivity contribution >= 4 is 17.8 Å². The van der Waals surface area contributed by atoms with E-state index in [4.69, 9.17) is 18.9 Å². The van der Waals surface area contributed by atoms with Gasteiger partial charge in [-0.05, 0) is 67.2 Å². The van der Waals surface area contributed by atoms with Gasteiger partial charge >= 0.3 is 11.9 Å². The van der Waals surface area contributed by atoms with Crippen LogP contribution in [0.15, 0.2) is 12.0 Å². The highest BCUT2D eigenvalue weighted by atomic mass is 16.6. The molecule has 1 heterocycles. The van der Waals surface area contributed by atoms with Crippen LogP contribution in [-0.4, -0.2) is 84.1 Å². The molecule has 2 N–H and O–H groups in total. The summed E-state index contributed by atoms with van der Waals surface area (Å²) < 4.78 is 22.6. The number of aliphatic hydroxyl groups excluding tert-OH is 1. The van der Waals surface area contributed by atoms with Gasteiger partial charge in [0, 0.05) is 26.0 Å². The summed E-state index contributed by atoms with van der Waals surface area (Å²) in [6.07, 6.45) is 1.63. The van der Waals surface area contributed by atoms with Crippen LogP contribution in [0.25, 0.3) is 0 Å². The van der Waals surface area contributed by atoms with Crippen LogP contribution in [0.3, 0.4) is 0 Å². The molecule has 0 spiro atoms. The SMILES string of the molecule is CCOCCOCC1CC(C(=O)OC(C)(C)C)N([C@@H](C(=O)OC(C)(C)C)[C@@H](CC)C(=CO)NC(C)=O)C1. The summed E-state index contributed by atoms with van der Waals surface area (Å²) in [5.41, 5.74) is -1.31. The van der Waals surface area contributed by atoms with Gasteiger partial charge in [0.25, 0.3) is 0 Å². The fourth-order valence-electron chi connectivity index (χ4n) is 4.42. The number of hydrogen-bond acceptors (Lipinski definition) is 9. The molecule has 1 saturated heterocycles. The minimum absolute atomic E-state index is 0.0519. The van der Waals surface area contributed by atoms with Crippen LogP contribution in [0.5, 0.6) is 0 Å². The van der Waals surface area contributed by atoms with E-state index in [1.54, 1.807) is 46.4 Å². The van der Waals surface area contributed by atoms with E-state index in [0.29, 0.717) is 45.8 Å². The van der Waals surface area contributed by atoms with Crippen molar-refractivity contribution in [2.45, 2.75) is 98.4 Å². The summed E-state index contributed by atoms with van der Waals surface area (Å²) in [4.78, 5) is 40.7. The van der Waals surface area contributed by atoms with E-state index >= 15 is 0 Å². The number of esters is 2. The van der Waals surface area contributed by atoms with Crippen molar-refractivity contribution in [3.63, 3.8) is 0 Å². The van der Waals surface area contributed by atoms with E-state index in [2.05, 4.69) is 5.32 Å². The van der Waals surface area contributed by atoms with E-state index < -0.39 is 41.1 Å². The number of ether oxygens (including phenoxy) is 4. The zero-order chi connectivity index (χ0) is 28.4. The molecule has 10 nitrogen and oxygen atoms in total. The average Bonchev–Trinajstić information content (AvgIpc) is 3.16. The molecule has 4 atom stereocenters. The molecule has 1 amide bonds. The number of amides is 1. The first-order valence-corrected chi connectivity index (χ1v) is 13.1. The molecule has 1 rings (SSSR count). The molecule has 1 aliphatic rings. The molecule has 1 aliphatic heterocycles. The second-order valence-electron chi connectivity index (χ2n) is 11.4. The van der Waals surface area contributed by atoms with E-state index in [1.807, 2.05) is 13.8 Å². The molecule has 1 fully saturated rings. The summed E-state index contributed by atoms with van der Waals surface area (Å²) >= 11 is 0. The number of carbonyl (C=O) groups is 3. The Bertz CT molecular complexity index is 784. The number of nitrogens with zero attached hydrogens (tertiary/aromatic N) is 1. The molecule has 0 saturated carbocycles. The van der Waals surface area contributed by atoms with Crippen molar-refractivity contribution < 1.29 is 38.4 Å². The Kier molecular flexibility index (Phi) is 13.0. The maximum Gasteiger partial charge on any atom is 0.324 e. The predicted molar refractivity (Wildman–Crippen MR) is 140 cm³/mol. The molecule has 214 valence electrons. The number of carbonyl (C=O) groups excluding carboxylic acids is 3. The Hall–Kier alpha value is -2.17. The van der Waals surface area contributed by atoms with E-state index in [0.717, 1.165) is 6.26 Å². The average molecular weight is 529 g/mol. The lowest BCUT2D eigenvalue weighted by Crippen LogP contribution is -2.54. The summed E-state index contributed by atoms with van der Waals surface area (Å²) in [6.45, 7) is 18.0. The highest BCUT2D eigenvalue weighted by Crippen LogP contribution is 2.34. The van der Waals surface area contributed by atoms with Crippen molar-refractivity contribution in [1.29, 1.82) is 0 Å². The Balaban J connectivity index is 3.42. The van der Waals surface area contributed by atoms with Gasteiger partial charge in [0.15, 0.2) is 0 Å². The van der Waals surface area contributed by atoms with Crippen LogP contribution >= 0.6 is 0 Å². The molecular formula is C27H48N2O8. The number of rotatable bonds is 13. The first-order chi connectivity index (χ1) is 17.1. The smallest absolute Gasteiger partial charge is 0.324 e. The fraction of sp³-hybridized carbons (Fsp3) is 0.815. The van der Waals surface area contributed by atoms with E-state index in [-0.39, 0.29) is 17.5 Å². The van der Waals surface area contributed by atoms with Gasteiger partial charge in [-0.1, -0.05) is 6.92 Å². The molecule has 0 aliphatic carbocycles. The normalized spacial score (nSPS) is 20.8. The predicted octanol–water partition coefficient (Wildman–Crippen LogP) is 3.34. The zero-order valence-electron chi connectivity index (χ0n) is 24.1. The van der Waals surface area contributed by atoms with Gasteiger partial charge < -0.3 is 29.4 Å². The lowest BCUT2D eigenvalue weighted by molar-refractivity contribution is -0.169. The summed E-state index contributed by atoms with van der Waals surface area (Å²) in [6, 6.07) is -1.69. The minimum Gasteiger partial charge on any atom is -0.514 e. The molecule has 0 aromatic heterocycles. The van der Waals surface area contributed by atoms with Gasteiger partial charge in [0.2, 0.25) is 5.91 Å². The van der Waals surface area contributed by atoms with E-state index in [1.165, 1.54) is 6.92 Å². The maximum absolute atomic E-state index is 13.7. The molecule has 0 bridgehead atoms. The second kappa shape index (κ2) is 14.7. The minimum atomic E-state index is -0.958. The monoisotopic (exact) mass is 528 g/mol. The van der Waals surface area contributed by atoms with Crippen molar-refractivity contribution in [2.75, 3.05) is 33.0 Å². The van der Waals surface area contributed by atoms with Crippen LogP contribution in [-0.2, 0) is 33.3 Å². The summed E-state index contributed by atoms with van der Waals surface area (Å²) in [5.74, 6) is -2.07. The van der Waals surface area contributed by atoms with Gasteiger partial charge in [0.1, 0.15) is 23.3 Å². The Morgan fingerprint density at radius 3 is 2.11 bits per heavy atom. The lowest BCUT2D eigenvalue weighted by Gasteiger charge is -2.38. The first kappa shape index (κ1) is 32.9. The summed E-state index contributed by atoms with van der Waals surface area (Å²) in [5, 5.41) is 12.6. The van der Waals surface area contributed by atoms with Crippen LogP contribution < -0.4 is 5.32 Å². The number of aliphatic hydroxyl groups is 1. The quantitative estimate of drug-likeness (QED) is 0.210. The van der Waals surface area contributed by atoms with Crippen molar-refractivity contribution in [1.82, 2.24) is 10.2 Å². The largest absolute Gasteiger partial charge is 0.514 e. The molecule has 0 radical (unpaired) electrons. The third-order valence-corrected chi connectivity index (χ3v) is 5.72. The van der Waals surface area contributed by atoms with Gasteiger partial charge in [-0.15, -0.1) is 0 Å². The Labute approximate surface area is 222 Å².